The van der Waals surface area contributed by atoms with Gasteiger partial charge in [0.15, 0.2) is 5.58 Å². The van der Waals surface area contributed by atoms with Crippen LogP contribution in [0, 0.1) is 0 Å². The molecule has 0 fully saturated rings. The van der Waals surface area contributed by atoms with Crippen LogP contribution in [0.4, 0.5) is 0 Å². The summed E-state index contributed by atoms with van der Waals surface area (Å²) in [6.45, 7) is 0. The summed E-state index contributed by atoms with van der Waals surface area (Å²) in [5.74, 6) is 0.646. The molecule has 0 aliphatic carbocycles. The van der Waals surface area contributed by atoms with E-state index < -0.39 is 0 Å². The van der Waals surface area contributed by atoms with Crippen LogP contribution in [0.1, 0.15) is 0 Å². The predicted octanol–water partition coefficient (Wildman–Crippen LogP) is 10.1. The zero-order valence-corrected chi connectivity index (χ0v) is 21.6. The number of hydrogen-bond acceptors (Lipinski definition) is 3. The van der Waals surface area contributed by atoms with Crippen molar-refractivity contribution in [3.05, 3.63) is 121 Å². The molecule has 0 atom stereocenters. The third-order valence-corrected chi connectivity index (χ3v) is 8.97. The third-order valence-electron chi connectivity index (χ3n) is 7.83. The third kappa shape index (κ3) is 2.95. The maximum Gasteiger partial charge on any atom is 0.227 e. The predicted molar refractivity (Wildman–Crippen MR) is 164 cm³/mol. The molecule has 0 unspecified atom stereocenters. The van der Waals surface area contributed by atoms with E-state index in [0.29, 0.717) is 5.89 Å². The molecule has 0 bridgehead atoms. The number of benzene rings is 6. The molecule has 0 amide bonds. The Hall–Kier alpha value is -4.93. The highest BCUT2D eigenvalue weighted by atomic mass is 32.1. The van der Waals surface area contributed by atoms with Gasteiger partial charge in [-0.15, -0.1) is 11.3 Å². The first-order chi connectivity index (χ1) is 19.3. The van der Waals surface area contributed by atoms with Gasteiger partial charge < -0.3 is 8.98 Å². The fourth-order valence-corrected chi connectivity index (χ4v) is 7.19. The summed E-state index contributed by atoms with van der Waals surface area (Å²) >= 11 is 1.79. The van der Waals surface area contributed by atoms with E-state index in [1.165, 1.54) is 47.4 Å². The number of hydrogen-bond donors (Lipinski definition) is 0. The van der Waals surface area contributed by atoms with Crippen LogP contribution in [0.2, 0.25) is 0 Å². The van der Waals surface area contributed by atoms with Gasteiger partial charge in [0, 0.05) is 42.2 Å². The van der Waals surface area contributed by atoms with Gasteiger partial charge in [0.05, 0.1) is 11.0 Å². The van der Waals surface area contributed by atoms with E-state index in [2.05, 4.69) is 126 Å². The molecule has 3 heterocycles. The Morgan fingerprint density at radius 1 is 0.564 bits per heavy atom. The molecule has 182 valence electrons. The lowest BCUT2D eigenvalue weighted by Gasteiger charge is -2.09. The van der Waals surface area contributed by atoms with Gasteiger partial charge in [-0.2, -0.15) is 0 Å². The highest BCUT2D eigenvalue weighted by Crippen LogP contribution is 2.40. The summed E-state index contributed by atoms with van der Waals surface area (Å²) in [4.78, 5) is 4.88. The highest BCUT2D eigenvalue weighted by Gasteiger charge is 2.17. The summed E-state index contributed by atoms with van der Waals surface area (Å²) in [6.07, 6.45) is 0. The molecule has 0 saturated carbocycles. The van der Waals surface area contributed by atoms with E-state index in [1.54, 1.807) is 11.3 Å². The number of aromatic nitrogens is 2. The second kappa shape index (κ2) is 7.79. The largest absolute Gasteiger partial charge is 0.435 e. The normalized spacial score (nSPS) is 12.1. The Kier molecular flexibility index (Phi) is 4.21. The summed E-state index contributed by atoms with van der Waals surface area (Å²) in [5, 5.41) is 7.46. The van der Waals surface area contributed by atoms with Crippen molar-refractivity contribution >= 4 is 75.2 Å². The molecule has 3 nitrogen and oxygen atoms in total. The van der Waals surface area contributed by atoms with Crippen LogP contribution in [0.3, 0.4) is 0 Å². The Balaban J connectivity index is 1.22. The lowest BCUT2D eigenvalue weighted by Crippen LogP contribution is -1.93. The number of rotatable bonds is 2. The van der Waals surface area contributed by atoms with Gasteiger partial charge in [-0.25, -0.2) is 4.98 Å². The van der Waals surface area contributed by atoms with Crippen molar-refractivity contribution in [2.75, 3.05) is 0 Å². The number of nitrogens with zero attached hydrogens (tertiary/aromatic N) is 2. The number of para-hydroxylation sites is 1. The van der Waals surface area contributed by atoms with Crippen LogP contribution >= 0.6 is 11.3 Å². The molecule has 0 aliphatic rings. The SMILES string of the molecule is c1ccc2c(c1)ccc1c2c2ccccc2n1-c1ccc(-c2nc3ccc4sc5ccccc5c4c3o2)cc1. The van der Waals surface area contributed by atoms with Gasteiger partial charge in [-0.3, -0.25) is 0 Å². The van der Waals surface area contributed by atoms with Crippen molar-refractivity contribution in [2.24, 2.45) is 0 Å². The quantitative estimate of drug-likeness (QED) is 0.229. The van der Waals surface area contributed by atoms with Gasteiger partial charge in [0.1, 0.15) is 5.52 Å². The van der Waals surface area contributed by atoms with E-state index >= 15 is 0 Å². The Morgan fingerprint density at radius 2 is 1.33 bits per heavy atom. The molecule has 3 aromatic heterocycles. The van der Waals surface area contributed by atoms with Gasteiger partial charge in [0.2, 0.25) is 5.89 Å². The Bertz CT molecular complexity index is 2390. The molecule has 0 saturated heterocycles. The lowest BCUT2D eigenvalue weighted by atomic mass is 10.0. The second-order valence-electron chi connectivity index (χ2n) is 9.98. The monoisotopic (exact) mass is 516 g/mol. The van der Waals surface area contributed by atoms with Crippen LogP contribution in [0.5, 0.6) is 0 Å². The van der Waals surface area contributed by atoms with Crippen LogP contribution in [0.25, 0.3) is 81.0 Å². The molecule has 0 radical (unpaired) electrons. The van der Waals surface area contributed by atoms with Crippen LogP contribution in [0.15, 0.2) is 126 Å². The van der Waals surface area contributed by atoms with Crippen molar-refractivity contribution in [3.8, 4) is 17.1 Å². The summed E-state index contributed by atoms with van der Waals surface area (Å²) in [6, 6.07) is 43.0. The maximum absolute atomic E-state index is 6.44. The van der Waals surface area contributed by atoms with Crippen LogP contribution < -0.4 is 0 Å². The molecule has 0 spiro atoms. The topological polar surface area (TPSA) is 31.0 Å². The van der Waals surface area contributed by atoms with Crippen molar-refractivity contribution in [2.45, 2.75) is 0 Å². The molecule has 9 aromatic rings. The number of thiophene rings is 1. The number of fused-ring (bicyclic) bond motifs is 10. The fourth-order valence-electron chi connectivity index (χ4n) is 6.09. The lowest BCUT2D eigenvalue weighted by molar-refractivity contribution is 0.623. The molecule has 6 aromatic carbocycles. The van der Waals surface area contributed by atoms with Crippen LogP contribution in [-0.4, -0.2) is 9.55 Å². The molecule has 9 rings (SSSR count). The first kappa shape index (κ1) is 21.1. The van der Waals surface area contributed by atoms with E-state index in [-0.39, 0.29) is 0 Å². The first-order valence-corrected chi connectivity index (χ1v) is 13.9. The minimum atomic E-state index is 0.646. The van der Waals surface area contributed by atoms with Gasteiger partial charge in [-0.1, -0.05) is 66.7 Å². The molecular formula is C35H20N2OS. The molecule has 39 heavy (non-hydrogen) atoms. The zero-order valence-electron chi connectivity index (χ0n) is 20.8. The minimum absolute atomic E-state index is 0.646. The van der Waals surface area contributed by atoms with Crippen molar-refractivity contribution in [1.82, 2.24) is 9.55 Å². The van der Waals surface area contributed by atoms with Crippen molar-refractivity contribution < 1.29 is 4.42 Å². The van der Waals surface area contributed by atoms with Gasteiger partial charge in [-0.05, 0) is 65.4 Å². The minimum Gasteiger partial charge on any atom is -0.435 e. The van der Waals surface area contributed by atoms with Gasteiger partial charge in [0.25, 0.3) is 0 Å². The Morgan fingerprint density at radius 3 is 2.23 bits per heavy atom. The number of oxazole rings is 1. The van der Waals surface area contributed by atoms with E-state index in [0.717, 1.165) is 27.7 Å². The highest BCUT2D eigenvalue weighted by molar-refractivity contribution is 7.26. The average molecular weight is 517 g/mol. The standard InChI is InChI=1S/C35H20N2OS/c1-2-8-24-21(7-1)15-19-29-32(24)25-9-3-5-11-28(25)37(29)23-16-13-22(14-17-23)35-36-27-18-20-31-33(34(27)38-35)26-10-4-6-12-30(26)39-31/h1-20H. The average Bonchev–Trinajstić information content (AvgIpc) is 3.68. The fraction of sp³-hybridized carbons (Fsp3) is 0. The van der Waals surface area contributed by atoms with Crippen molar-refractivity contribution in [1.29, 1.82) is 0 Å². The van der Waals surface area contributed by atoms with E-state index in [4.69, 9.17) is 9.40 Å². The molecule has 4 heteroatoms. The molecule has 0 N–H and O–H groups in total. The molecular weight excluding hydrogens is 496 g/mol. The zero-order chi connectivity index (χ0) is 25.5. The summed E-state index contributed by atoms with van der Waals surface area (Å²) in [5.41, 5.74) is 6.23. The summed E-state index contributed by atoms with van der Waals surface area (Å²) < 4.78 is 11.3. The Labute approximate surface area is 227 Å². The first-order valence-electron chi connectivity index (χ1n) is 13.1. The van der Waals surface area contributed by atoms with Crippen molar-refractivity contribution in [3.63, 3.8) is 0 Å². The maximum atomic E-state index is 6.44. The smallest absolute Gasteiger partial charge is 0.227 e. The summed E-state index contributed by atoms with van der Waals surface area (Å²) in [7, 11) is 0. The second-order valence-corrected chi connectivity index (χ2v) is 11.1. The molecule has 0 aliphatic heterocycles. The van der Waals surface area contributed by atoms with Gasteiger partial charge >= 0.3 is 0 Å². The van der Waals surface area contributed by atoms with Crippen LogP contribution in [-0.2, 0) is 0 Å². The van der Waals surface area contributed by atoms with E-state index in [1.807, 2.05) is 0 Å². The van der Waals surface area contributed by atoms with E-state index in [9.17, 15) is 0 Å².